The Hall–Kier alpha value is -0.520. The van der Waals surface area contributed by atoms with E-state index in [1.54, 1.807) is 24.8 Å². The zero-order valence-electron chi connectivity index (χ0n) is 17.7. The Morgan fingerprint density at radius 2 is 1.69 bits per heavy atom. The first-order chi connectivity index (χ1) is 12.1. The number of rotatable bonds is 2. The predicted molar refractivity (Wildman–Crippen MR) is 109 cm³/mol. The average Bonchev–Trinajstić information content (AvgIpc) is 2.58. The molecule has 0 radical (unpaired) electrons. The molecule has 0 amide bonds. The van der Waals surface area contributed by atoms with Gasteiger partial charge in [-0.15, -0.1) is 0 Å². The molecule has 8 rings (SSSR count). The fraction of sp³-hybridized carbons (Fsp3) is 0.846. The molecule has 0 aliphatic heterocycles. The maximum absolute atomic E-state index is 2.76. The van der Waals surface area contributed by atoms with Crippen molar-refractivity contribution in [1.82, 2.24) is 0 Å². The van der Waals surface area contributed by atoms with Gasteiger partial charge in [0.2, 0.25) is 0 Å². The van der Waals surface area contributed by atoms with Gasteiger partial charge in [-0.3, -0.25) is 0 Å². The van der Waals surface area contributed by atoms with Crippen LogP contribution in [0, 0.1) is 50.7 Å². The molecule has 8 aliphatic rings. The molecule has 8 aliphatic carbocycles. The summed E-state index contributed by atoms with van der Waals surface area (Å²) >= 11 is 0. The van der Waals surface area contributed by atoms with Crippen LogP contribution in [0.5, 0.6) is 0 Å². The summed E-state index contributed by atoms with van der Waals surface area (Å²) in [5.74, 6) is 4.07. The lowest BCUT2D eigenvalue weighted by Crippen LogP contribution is -2.77. The molecule has 26 heavy (non-hydrogen) atoms. The Bertz CT molecular complexity index is 739. The minimum atomic E-state index is 0.373. The predicted octanol–water partition coefficient (Wildman–Crippen LogP) is 7.17. The molecule has 0 heteroatoms. The lowest BCUT2D eigenvalue weighted by molar-refractivity contribution is -0.353. The fourth-order valence-electron chi connectivity index (χ4n) is 10.9. The van der Waals surface area contributed by atoms with E-state index in [9.17, 15) is 0 Å². The van der Waals surface area contributed by atoms with Crippen molar-refractivity contribution >= 4 is 0 Å². The molecule has 8 unspecified atom stereocenters. The van der Waals surface area contributed by atoms with Gasteiger partial charge in [0.1, 0.15) is 0 Å². The molecule has 0 aromatic rings. The third kappa shape index (κ3) is 1.59. The van der Waals surface area contributed by atoms with Crippen molar-refractivity contribution in [2.24, 2.45) is 50.7 Å². The normalized spacial score (nSPS) is 59.2. The van der Waals surface area contributed by atoms with Gasteiger partial charge in [0, 0.05) is 0 Å². The Morgan fingerprint density at radius 3 is 2.42 bits per heavy atom. The van der Waals surface area contributed by atoms with Crippen molar-refractivity contribution in [3.63, 3.8) is 0 Å². The van der Waals surface area contributed by atoms with Crippen LogP contribution in [-0.2, 0) is 0 Å². The molecule has 0 spiro atoms. The van der Waals surface area contributed by atoms with E-state index in [0.717, 1.165) is 23.7 Å². The van der Waals surface area contributed by atoms with Crippen molar-refractivity contribution < 1.29 is 0 Å². The molecule has 7 fully saturated rings. The largest absolute Gasteiger partial charge is 0.0842 e. The Labute approximate surface area is 160 Å². The first-order valence-corrected chi connectivity index (χ1v) is 11.5. The number of allylic oxidation sites excluding steroid dienone is 4. The van der Waals surface area contributed by atoms with Gasteiger partial charge >= 0.3 is 0 Å². The Morgan fingerprint density at radius 1 is 0.923 bits per heavy atom. The van der Waals surface area contributed by atoms with Gasteiger partial charge in [0.05, 0.1) is 0 Å². The molecular weight excluding hydrogens is 312 g/mol. The molecule has 0 aromatic heterocycles. The van der Waals surface area contributed by atoms with Gasteiger partial charge in [0.15, 0.2) is 0 Å². The van der Waals surface area contributed by atoms with Crippen LogP contribution in [-0.4, -0.2) is 0 Å². The summed E-state index contributed by atoms with van der Waals surface area (Å²) in [4.78, 5) is 0. The third-order valence-electron chi connectivity index (χ3n) is 11.3. The minimum absolute atomic E-state index is 0.373. The highest BCUT2D eigenvalue weighted by Gasteiger charge is 2.80. The van der Waals surface area contributed by atoms with Crippen LogP contribution in [0.4, 0.5) is 0 Å². The molecular formula is C26H38. The molecule has 0 aromatic carbocycles. The van der Waals surface area contributed by atoms with Crippen molar-refractivity contribution in [3.05, 3.63) is 23.8 Å². The maximum Gasteiger partial charge on any atom is -0.00792 e. The number of hydrogen-bond acceptors (Lipinski definition) is 0. The van der Waals surface area contributed by atoms with E-state index >= 15 is 0 Å². The minimum Gasteiger partial charge on any atom is -0.0842 e. The van der Waals surface area contributed by atoms with Crippen molar-refractivity contribution in [2.75, 3.05) is 0 Å². The van der Waals surface area contributed by atoms with Gasteiger partial charge in [-0.1, -0.05) is 58.4 Å². The van der Waals surface area contributed by atoms with Crippen LogP contribution >= 0.6 is 0 Å². The van der Waals surface area contributed by atoms with E-state index < -0.39 is 0 Å². The standard InChI is InChI=1S/C26H38/c1-22(2,17-9-7-6-8-10-17)26-16-24(4)11-18-19-12-23(3,13-20(18)26)14-21(26)25(19,5)15-24/h6-7,9,18-21H,8,10-16H2,1-5H3. The summed E-state index contributed by atoms with van der Waals surface area (Å²) in [7, 11) is 0. The van der Waals surface area contributed by atoms with E-state index in [4.69, 9.17) is 0 Å². The van der Waals surface area contributed by atoms with Gasteiger partial charge < -0.3 is 0 Å². The molecule has 7 saturated carbocycles. The second kappa shape index (κ2) is 4.38. The summed E-state index contributed by atoms with van der Waals surface area (Å²) < 4.78 is 0. The molecule has 0 heterocycles. The smallest absolute Gasteiger partial charge is 0.00792 e. The highest BCUT2D eigenvalue weighted by atomic mass is 14.8. The topological polar surface area (TPSA) is 0 Å². The summed E-state index contributed by atoms with van der Waals surface area (Å²) in [5.41, 5.74) is 4.65. The van der Waals surface area contributed by atoms with E-state index in [2.05, 4.69) is 52.8 Å². The monoisotopic (exact) mass is 350 g/mol. The van der Waals surface area contributed by atoms with Crippen LogP contribution in [0.25, 0.3) is 0 Å². The summed E-state index contributed by atoms with van der Waals surface area (Å²) in [6.07, 6.45) is 19.1. The highest BCUT2D eigenvalue weighted by molar-refractivity contribution is 5.34. The molecule has 0 N–H and O–H groups in total. The van der Waals surface area contributed by atoms with Crippen LogP contribution in [0.2, 0.25) is 0 Å². The summed E-state index contributed by atoms with van der Waals surface area (Å²) in [6, 6.07) is 0. The average molecular weight is 351 g/mol. The second-order valence-corrected chi connectivity index (χ2v) is 13.1. The second-order valence-electron chi connectivity index (χ2n) is 13.1. The van der Waals surface area contributed by atoms with Crippen LogP contribution in [0.3, 0.4) is 0 Å². The van der Waals surface area contributed by atoms with Crippen LogP contribution < -0.4 is 0 Å². The summed E-state index contributed by atoms with van der Waals surface area (Å²) in [5, 5.41) is 0. The zero-order valence-corrected chi connectivity index (χ0v) is 17.7. The first kappa shape index (κ1) is 16.4. The maximum atomic E-state index is 2.76. The lowest BCUT2D eigenvalue weighted by atomic mass is 9.20. The van der Waals surface area contributed by atoms with Crippen molar-refractivity contribution in [2.45, 2.75) is 86.0 Å². The van der Waals surface area contributed by atoms with Gasteiger partial charge in [-0.25, -0.2) is 0 Å². The molecule has 0 saturated heterocycles. The van der Waals surface area contributed by atoms with Gasteiger partial charge in [-0.2, -0.15) is 0 Å². The summed E-state index contributed by atoms with van der Waals surface area (Å²) in [6.45, 7) is 13.5. The van der Waals surface area contributed by atoms with Gasteiger partial charge in [0.25, 0.3) is 0 Å². The lowest BCUT2D eigenvalue weighted by Gasteiger charge is -2.84. The Kier molecular flexibility index (Phi) is 2.77. The van der Waals surface area contributed by atoms with E-state index in [0.29, 0.717) is 27.1 Å². The highest BCUT2D eigenvalue weighted by Crippen LogP contribution is 2.87. The van der Waals surface area contributed by atoms with Gasteiger partial charge in [-0.05, 0) is 102 Å². The molecule has 142 valence electrons. The van der Waals surface area contributed by atoms with E-state index in [1.807, 2.05) is 0 Å². The quantitative estimate of drug-likeness (QED) is 0.495. The van der Waals surface area contributed by atoms with Crippen molar-refractivity contribution in [1.29, 1.82) is 0 Å². The van der Waals surface area contributed by atoms with E-state index in [1.165, 1.54) is 32.1 Å². The molecule has 8 atom stereocenters. The van der Waals surface area contributed by atoms with E-state index in [-0.39, 0.29) is 0 Å². The number of hydrogen-bond donors (Lipinski definition) is 0. The zero-order chi connectivity index (χ0) is 18.2. The molecule has 0 nitrogen and oxygen atoms in total. The fourth-order valence-corrected chi connectivity index (χ4v) is 10.9. The van der Waals surface area contributed by atoms with Crippen LogP contribution in [0.1, 0.15) is 86.0 Å². The molecule has 8 bridgehead atoms. The third-order valence-corrected chi connectivity index (χ3v) is 11.3. The van der Waals surface area contributed by atoms with Crippen molar-refractivity contribution in [3.8, 4) is 0 Å². The van der Waals surface area contributed by atoms with Crippen LogP contribution in [0.15, 0.2) is 23.8 Å². The first-order valence-electron chi connectivity index (χ1n) is 11.5. The SMILES string of the molecule is CC12CC3C4CC5(C)CC3(C)C(C1)C(C(C)(C)C1=CC=CCC1)(C5)C4C2. The Balaban J connectivity index is 1.58.